The zero-order valence-corrected chi connectivity index (χ0v) is 7.26. The van der Waals surface area contributed by atoms with E-state index in [1.807, 2.05) is 0 Å². The van der Waals surface area contributed by atoms with Gasteiger partial charge in [0.1, 0.15) is 11.6 Å². The predicted octanol–water partition coefficient (Wildman–Crippen LogP) is 2.39. The van der Waals surface area contributed by atoms with Crippen LogP contribution in [0.15, 0.2) is 24.8 Å². The lowest BCUT2D eigenvalue weighted by molar-refractivity contribution is 0.0691. The van der Waals surface area contributed by atoms with E-state index in [1.165, 1.54) is 6.08 Å². The molecule has 74 valence electrons. The Hall–Kier alpha value is -1.71. The van der Waals surface area contributed by atoms with E-state index in [9.17, 15) is 13.6 Å². The summed E-state index contributed by atoms with van der Waals surface area (Å²) in [5, 5.41) is 8.56. The summed E-state index contributed by atoms with van der Waals surface area (Å²) in [6.07, 6.45) is 1.28. The van der Waals surface area contributed by atoms with Gasteiger partial charge in [-0.1, -0.05) is 6.08 Å². The quantitative estimate of drug-likeness (QED) is 0.757. The smallest absolute Gasteiger partial charge is 0.338 e. The maximum Gasteiger partial charge on any atom is 0.338 e. The van der Waals surface area contributed by atoms with Crippen LogP contribution in [-0.4, -0.2) is 11.1 Å². The average Bonchev–Trinajstić information content (AvgIpc) is 2.11. The van der Waals surface area contributed by atoms with E-state index in [-0.39, 0.29) is 12.0 Å². The van der Waals surface area contributed by atoms with Crippen LogP contribution in [0.25, 0.3) is 0 Å². The molecule has 0 aromatic heterocycles. The van der Waals surface area contributed by atoms with Crippen LogP contribution in [0.4, 0.5) is 8.78 Å². The first-order valence-corrected chi connectivity index (χ1v) is 3.89. The van der Waals surface area contributed by atoms with E-state index >= 15 is 0 Å². The van der Waals surface area contributed by atoms with Gasteiger partial charge in [-0.05, 0) is 18.6 Å². The summed E-state index contributed by atoms with van der Waals surface area (Å²) in [7, 11) is 0. The van der Waals surface area contributed by atoms with Gasteiger partial charge < -0.3 is 5.11 Å². The molecular formula is C10H8F2O2. The van der Waals surface area contributed by atoms with Crippen molar-refractivity contribution >= 4 is 5.97 Å². The molecule has 0 radical (unpaired) electrons. The molecule has 0 unspecified atom stereocenters. The number of hydrogen-bond acceptors (Lipinski definition) is 1. The summed E-state index contributed by atoms with van der Waals surface area (Å²) in [5.74, 6) is -3.20. The number of halogens is 2. The molecular weight excluding hydrogens is 190 g/mol. The molecule has 0 bridgehead atoms. The first kappa shape index (κ1) is 10.4. The molecule has 1 aromatic rings. The van der Waals surface area contributed by atoms with Gasteiger partial charge in [-0.15, -0.1) is 6.58 Å². The van der Waals surface area contributed by atoms with Crippen molar-refractivity contribution in [3.05, 3.63) is 47.5 Å². The molecule has 0 heterocycles. The van der Waals surface area contributed by atoms with Crippen LogP contribution < -0.4 is 0 Å². The minimum Gasteiger partial charge on any atom is -0.478 e. The van der Waals surface area contributed by atoms with Crippen LogP contribution in [0.1, 0.15) is 15.9 Å². The maximum atomic E-state index is 13.3. The predicted molar refractivity (Wildman–Crippen MR) is 47.2 cm³/mol. The zero-order chi connectivity index (χ0) is 10.7. The van der Waals surface area contributed by atoms with Crippen LogP contribution in [0.5, 0.6) is 0 Å². The highest BCUT2D eigenvalue weighted by Gasteiger charge is 2.16. The van der Waals surface area contributed by atoms with Gasteiger partial charge in [0.25, 0.3) is 0 Å². The van der Waals surface area contributed by atoms with Crippen LogP contribution >= 0.6 is 0 Å². The van der Waals surface area contributed by atoms with Gasteiger partial charge in [0.05, 0.1) is 5.56 Å². The number of allylic oxidation sites excluding steroid dienone is 1. The van der Waals surface area contributed by atoms with Gasteiger partial charge in [-0.2, -0.15) is 0 Å². The molecule has 0 fully saturated rings. The lowest BCUT2D eigenvalue weighted by Crippen LogP contribution is -2.05. The maximum absolute atomic E-state index is 13.3. The molecule has 1 rings (SSSR count). The number of carbonyl (C=O) groups is 1. The van der Waals surface area contributed by atoms with E-state index in [2.05, 4.69) is 6.58 Å². The molecule has 1 N–H and O–H groups in total. The van der Waals surface area contributed by atoms with Gasteiger partial charge in [-0.25, -0.2) is 13.6 Å². The van der Waals surface area contributed by atoms with E-state index in [1.54, 1.807) is 0 Å². The number of carboxylic acid groups (broad SMARTS) is 1. The molecule has 0 atom stereocenters. The minimum atomic E-state index is -1.41. The van der Waals surface area contributed by atoms with Gasteiger partial charge >= 0.3 is 5.97 Å². The summed E-state index contributed by atoms with van der Waals surface area (Å²) in [4.78, 5) is 10.5. The van der Waals surface area contributed by atoms with Crippen molar-refractivity contribution in [2.24, 2.45) is 0 Å². The van der Waals surface area contributed by atoms with Crippen LogP contribution in [0.3, 0.4) is 0 Å². The molecule has 0 aliphatic heterocycles. The summed E-state index contributed by atoms with van der Waals surface area (Å²) >= 11 is 0. The molecule has 0 saturated heterocycles. The zero-order valence-electron chi connectivity index (χ0n) is 7.26. The van der Waals surface area contributed by atoms with Gasteiger partial charge in [-0.3, -0.25) is 0 Å². The first-order valence-electron chi connectivity index (χ1n) is 3.89. The highest BCUT2D eigenvalue weighted by atomic mass is 19.1. The third-order valence-corrected chi connectivity index (χ3v) is 1.76. The standard InChI is InChI=1S/C10H8F2O2/c1-2-3-6-8(11)5-4-7(9(6)12)10(13)14/h2,4-5H,1,3H2,(H,13,14). The first-order chi connectivity index (χ1) is 6.57. The normalized spacial score (nSPS) is 9.86. The Morgan fingerprint density at radius 1 is 1.50 bits per heavy atom. The molecule has 0 saturated carbocycles. The number of aromatic carboxylic acids is 1. The summed E-state index contributed by atoms with van der Waals surface area (Å²) < 4.78 is 26.3. The lowest BCUT2D eigenvalue weighted by atomic mass is 10.1. The molecule has 1 aromatic carbocycles. The van der Waals surface area contributed by atoms with Crippen molar-refractivity contribution < 1.29 is 18.7 Å². The largest absolute Gasteiger partial charge is 0.478 e. The van der Waals surface area contributed by atoms with Crippen molar-refractivity contribution in [3.63, 3.8) is 0 Å². The van der Waals surface area contributed by atoms with E-state index in [0.717, 1.165) is 12.1 Å². The van der Waals surface area contributed by atoms with Gasteiger partial charge in [0.15, 0.2) is 0 Å². The second-order valence-corrected chi connectivity index (χ2v) is 2.69. The number of carboxylic acids is 1. The Bertz CT molecular complexity index is 386. The SMILES string of the molecule is C=CCc1c(F)ccc(C(=O)O)c1F. The second kappa shape index (κ2) is 4.00. The van der Waals surface area contributed by atoms with Gasteiger partial charge in [0, 0.05) is 5.56 Å². The van der Waals surface area contributed by atoms with E-state index < -0.39 is 23.2 Å². The Balaban J connectivity index is 3.32. The van der Waals surface area contributed by atoms with Crippen LogP contribution in [0.2, 0.25) is 0 Å². The summed E-state index contributed by atoms with van der Waals surface area (Å²) in [6, 6.07) is 1.84. The molecule has 4 heteroatoms. The lowest BCUT2D eigenvalue weighted by Gasteiger charge is -2.04. The van der Waals surface area contributed by atoms with E-state index in [0.29, 0.717) is 0 Å². The third-order valence-electron chi connectivity index (χ3n) is 1.76. The number of benzene rings is 1. The number of rotatable bonds is 3. The fraction of sp³-hybridized carbons (Fsp3) is 0.100. The number of hydrogen-bond donors (Lipinski definition) is 1. The van der Waals surface area contributed by atoms with Crippen molar-refractivity contribution in [3.8, 4) is 0 Å². The molecule has 14 heavy (non-hydrogen) atoms. The average molecular weight is 198 g/mol. The molecule has 0 amide bonds. The molecule has 0 aliphatic carbocycles. The van der Waals surface area contributed by atoms with E-state index in [4.69, 9.17) is 5.11 Å². The molecule has 0 aliphatic rings. The fourth-order valence-corrected chi connectivity index (χ4v) is 1.09. The van der Waals surface area contributed by atoms with Gasteiger partial charge in [0.2, 0.25) is 0 Å². The minimum absolute atomic E-state index is 0.0290. The third kappa shape index (κ3) is 1.79. The Morgan fingerprint density at radius 2 is 2.14 bits per heavy atom. The van der Waals surface area contributed by atoms with Crippen LogP contribution in [0, 0.1) is 11.6 Å². The Kier molecular flexibility index (Phi) is 2.96. The second-order valence-electron chi connectivity index (χ2n) is 2.69. The Morgan fingerprint density at radius 3 is 2.64 bits per heavy atom. The van der Waals surface area contributed by atoms with Crippen molar-refractivity contribution in [2.75, 3.05) is 0 Å². The summed E-state index contributed by atoms with van der Waals surface area (Å²) in [6.45, 7) is 3.33. The van der Waals surface area contributed by atoms with Crippen LogP contribution in [-0.2, 0) is 6.42 Å². The Labute approximate surface area is 79.5 Å². The monoisotopic (exact) mass is 198 g/mol. The summed E-state index contributed by atoms with van der Waals surface area (Å²) in [5.41, 5.74) is -0.789. The van der Waals surface area contributed by atoms with Crippen molar-refractivity contribution in [2.45, 2.75) is 6.42 Å². The molecule has 0 spiro atoms. The highest BCUT2D eigenvalue weighted by molar-refractivity contribution is 5.88. The topological polar surface area (TPSA) is 37.3 Å². The van der Waals surface area contributed by atoms with Crippen molar-refractivity contribution in [1.82, 2.24) is 0 Å². The highest BCUT2D eigenvalue weighted by Crippen LogP contribution is 2.17. The van der Waals surface area contributed by atoms with Crippen molar-refractivity contribution in [1.29, 1.82) is 0 Å². The fourth-order valence-electron chi connectivity index (χ4n) is 1.09. The molecule has 2 nitrogen and oxygen atoms in total.